The number of likely N-dealkylation sites (tertiary alicyclic amines) is 1. The summed E-state index contributed by atoms with van der Waals surface area (Å²) in [6.07, 6.45) is 0. The van der Waals surface area contributed by atoms with Crippen LogP contribution in [0.5, 0.6) is 11.5 Å². The number of morpholine rings is 1. The number of rotatable bonds is 8. The molecule has 2 aliphatic heterocycles. The lowest BCUT2D eigenvalue weighted by atomic mass is 9.95. The zero-order valence-electron chi connectivity index (χ0n) is 19.5. The van der Waals surface area contributed by atoms with Crippen molar-refractivity contribution < 1.29 is 28.9 Å². The summed E-state index contributed by atoms with van der Waals surface area (Å²) in [7, 11) is 1.56. The van der Waals surface area contributed by atoms with Gasteiger partial charge in [0.05, 0.1) is 38.5 Å². The standard InChI is InChI=1S/C26H30N2O6/c1-3-34-21-9-5-7-19(17-21)24(29)22-23(18-6-4-8-20(16-18)32-2)28(26(31)25(22)30)11-10-27-12-14-33-15-13-27/h4-9,16-17,23,29H,3,10-15H2,1-2H3/b24-22+. The van der Waals surface area contributed by atoms with Crippen LogP contribution in [0.3, 0.4) is 0 Å². The topological polar surface area (TPSA) is 88.5 Å². The van der Waals surface area contributed by atoms with E-state index in [2.05, 4.69) is 4.90 Å². The number of aliphatic hydroxyl groups excluding tert-OH is 1. The van der Waals surface area contributed by atoms with Gasteiger partial charge in [0.25, 0.3) is 11.7 Å². The lowest BCUT2D eigenvalue weighted by Gasteiger charge is -2.31. The summed E-state index contributed by atoms with van der Waals surface area (Å²) in [5.41, 5.74) is 1.18. The van der Waals surface area contributed by atoms with E-state index in [9.17, 15) is 14.7 Å². The molecule has 0 aromatic heterocycles. The lowest BCUT2D eigenvalue weighted by Crippen LogP contribution is -2.42. The zero-order chi connectivity index (χ0) is 24.1. The number of carbonyl (C=O) groups excluding carboxylic acids is 2. The highest BCUT2D eigenvalue weighted by Gasteiger charge is 2.46. The molecule has 2 fully saturated rings. The summed E-state index contributed by atoms with van der Waals surface area (Å²) in [5, 5.41) is 11.3. The van der Waals surface area contributed by atoms with E-state index in [0.717, 1.165) is 13.1 Å². The fraction of sp³-hybridized carbons (Fsp3) is 0.385. The number of methoxy groups -OCH3 is 1. The second kappa shape index (κ2) is 10.7. The molecule has 2 heterocycles. The molecule has 34 heavy (non-hydrogen) atoms. The summed E-state index contributed by atoms with van der Waals surface area (Å²) >= 11 is 0. The van der Waals surface area contributed by atoms with Crippen LogP contribution in [0.1, 0.15) is 24.1 Å². The molecule has 1 unspecified atom stereocenters. The molecule has 1 amide bonds. The van der Waals surface area contributed by atoms with Crippen LogP contribution in [-0.2, 0) is 14.3 Å². The molecule has 1 N–H and O–H groups in total. The van der Waals surface area contributed by atoms with Gasteiger partial charge in [0, 0.05) is 31.7 Å². The van der Waals surface area contributed by atoms with Gasteiger partial charge >= 0.3 is 0 Å². The number of ether oxygens (including phenoxy) is 3. The van der Waals surface area contributed by atoms with E-state index in [1.807, 2.05) is 19.1 Å². The van der Waals surface area contributed by atoms with E-state index in [1.165, 1.54) is 0 Å². The average Bonchev–Trinajstić information content (AvgIpc) is 3.13. The summed E-state index contributed by atoms with van der Waals surface area (Å²) in [6.45, 7) is 6.15. The van der Waals surface area contributed by atoms with Gasteiger partial charge in [-0.05, 0) is 36.8 Å². The number of ketones is 1. The van der Waals surface area contributed by atoms with Crippen LogP contribution in [0.2, 0.25) is 0 Å². The van der Waals surface area contributed by atoms with Crippen molar-refractivity contribution in [3.63, 3.8) is 0 Å². The van der Waals surface area contributed by atoms with Gasteiger partial charge < -0.3 is 24.2 Å². The van der Waals surface area contributed by atoms with Gasteiger partial charge in [-0.1, -0.05) is 24.3 Å². The predicted octanol–water partition coefficient (Wildman–Crippen LogP) is 2.85. The van der Waals surface area contributed by atoms with Crippen molar-refractivity contribution in [1.29, 1.82) is 0 Å². The molecule has 8 nitrogen and oxygen atoms in total. The van der Waals surface area contributed by atoms with E-state index in [4.69, 9.17) is 14.2 Å². The number of Topliss-reactive ketones (excluding diaryl/α,β-unsaturated/α-hetero) is 1. The Morgan fingerprint density at radius 3 is 2.53 bits per heavy atom. The Morgan fingerprint density at radius 1 is 1.06 bits per heavy atom. The maximum atomic E-state index is 13.2. The van der Waals surface area contributed by atoms with Crippen LogP contribution in [0, 0.1) is 0 Å². The van der Waals surface area contributed by atoms with Gasteiger partial charge in [0.15, 0.2) is 0 Å². The zero-order valence-corrected chi connectivity index (χ0v) is 19.5. The van der Waals surface area contributed by atoms with E-state index >= 15 is 0 Å². The Bertz CT molecular complexity index is 1080. The van der Waals surface area contributed by atoms with E-state index in [0.29, 0.717) is 55.5 Å². The Balaban J connectivity index is 1.75. The Kier molecular flexibility index (Phi) is 7.49. The van der Waals surface area contributed by atoms with Crippen molar-refractivity contribution >= 4 is 17.4 Å². The van der Waals surface area contributed by atoms with Crippen molar-refractivity contribution in [3.8, 4) is 11.5 Å². The Labute approximate surface area is 199 Å². The largest absolute Gasteiger partial charge is 0.507 e. The highest BCUT2D eigenvalue weighted by Crippen LogP contribution is 2.40. The predicted molar refractivity (Wildman–Crippen MR) is 127 cm³/mol. The van der Waals surface area contributed by atoms with Gasteiger partial charge in [-0.2, -0.15) is 0 Å². The molecule has 0 spiro atoms. The molecule has 4 rings (SSSR count). The minimum atomic E-state index is -0.730. The second-order valence-corrected chi connectivity index (χ2v) is 8.18. The quantitative estimate of drug-likeness (QED) is 0.364. The molecule has 8 heteroatoms. The molecule has 180 valence electrons. The SMILES string of the molecule is CCOc1cccc(/C(O)=C2\C(=O)C(=O)N(CCN3CCOCC3)C2c2cccc(OC)c2)c1. The molecule has 2 aliphatic rings. The molecule has 0 aliphatic carbocycles. The van der Waals surface area contributed by atoms with Crippen LogP contribution in [0.4, 0.5) is 0 Å². The minimum Gasteiger partial charge on any atom is -0.507 e. The molecule has 1 atom stereocenters. The molecule has 0 bridgehead atoms. The molecular weight excluding hydrogens is 436 g/mol. The highest BCUT2D eigenvalue weighted by atomic mass is 16.5. The fourth-order valence-electron chi connectivity index (χ4n) is 4.40. The molecule has 2 saturated heterocycles. The first-order valence-electron chi connectivity index (χ1n) is 11.5. The third-order valence-corrected chi connectivity index (χ3v) is 6.13. The first-order chi connectivity index (χ1) is 16.5. The maximum absolute atomic E-state index is 13.2. The summed E-state index contributed by atoms with van der Waals surface area (Å²) < 4.78 is 16.3. The van der Waals surface area contributed by atoms with Crippen LogP contribution in [-0.4, -0.2) is 79.7 Å². The number of carbonyl (C=O) groups is 2. The fourth-order valence-corrected chi connectivity index (χ4v) is 4.40. The third-order valence-electron chi connectivity index (χ3n) is 6.13. The van der Waals surface area contributed by atoms with Gasteiger partial charge in [-0.15, -0.1) is 0 Å². The summed E-state index contributed by atoms with van der Waals surface area (Å²) in [5.74, 6) is -0.361. The number of amides is 1. The third kappa shape index (κ3) is 4.93. The molecule has 0 saturated carbocycles. The maximum Gasteiger partial charge on any atom is 0.295 e. The molecule has 2 aromatic carbocycles. The average molecular weight is 467 g/mol. The Hall–Kier alpha value is -3.36. The van der Waals surface area contributed by atoms with Crippen molar-refractivity contribution in [2.75, 3.05) is 53.1 Å². The van der Waals surface area contributed by atoms with E-state index in [-0.39, 0.29) is 11.3 Å². The van der Waals surface area contributed by atoms with Gasteiger partial charge in [-0.3, -0.25) is 14.5 Å². The molecule has 2 aromatic rings. The number of hydrogen-bond acceptors (Lipinski definition) is 7. The number of nitrogens with zero attached hydrogens (tertiary/aromatic N) is 2. The van der Waals surface area contributed by atoms with Gasteiger partial charge in [-0.25, -0.2) is 0 Å². The number of benzene rings is 2. The second-order valence-electron chi connectivity index (χ2n) is 8.18. The minimum absolute atomic E-state index is 0.0638. The molecule has 0 radical (unpaired) electrons. The van der Waals surface area contributed by atoms with Crippen LogP contribution < -0.4 is 9.47 Å². The van der Waals surface area contributed by atoms with E-state index in [1.54, 1.807) is 48.4 Å². The first-order valence-corrected chi connectivity index (χ1v) is 11.5. The lowest BCUT2D eigenvalue weighted by molar-refractivity contribution is -0.140. The normalized spacial score (nSPS) is 20.5. The van der Waals surface area contributed by atoms with Gasteiger partial charge in [0.2, 0.25) is 0 Å². The highest BCUT2D eigenvalue weighted by molar-refractivity contribution is 6.46. The molecular formula is C26H30N2O6. The van der Waals surface area contributed by atoms with Crippen molar-refractivity contribution in [3.05, 3.63) is 65.2 Å². The Morgan fingerprint density at radius 2 is 1.79 bits per heavy atom. The van der Waals surface area contributed by atoms with E-state index < -0.39 is 17.7 Å². The monoisotopic (exact) mass is 466 g/mol. The number of hydrogen-bond donors (Lipinski definition) is 1. The van der Waals surface area contributed by atoms with Crippen molar-refractivity contribution in [2.24, 2.45) is 0 Å². The first kappa shape index (κ1) is 23.8. The van der Waals surface area contributed by atoms with Crippen LogP contribution in [0.15, 0.2) is 54.1 Å². The summed E-state index contributed by atoms with van der Waals surface area (Å²) in [6, 6.07) is 13.4. The van der Waals surface area contributed by atoms with Crippen molar-refractivity contribution in [2.45, 2.75) is 13.0 Å². The van der Waals surface area contributed by atoms with Gasteiger partial charge in [0.1, 0.15) is 17.3 Å². The van der Waals surface area contributed by atoms with Crippen LogP contribution >= 0.6 is 0 Å². The van der Waals surface area contributed by atoms with Crippen LogP contribution in [0.25, 0.3) is 5.76 Å². The summed E-state index contributed by atoms with van der Waals surface area (Å²) in [4.78, 5) is 30.1. The van der Waals surface area contributed by atoms with Crippen molar-refractivity contribution in [1.82, 2.24) is 9.80 Å². The number of aliphatic hydroxyl groups is 1. The smallest absolute Gasteiger partial charge is 0.295 e.